The van der Waals surface area contributed by atoms with Gasteiger partial charge < -0.3 is 0 Å². The van der Waals surface area contributed by atoms with Crippen molar-refractivity contribution in [2.24, 2.45) is 0 Å². The van der Waals surface area contributed by atoms with Gasteiger partial charge in [0.1, 0.15) is 0 Å². The standard InChI is InChI=1S/C20H18BBr/c1-15-10-12-17(13-11-15)21(18-7-5-8-19(22)14-18)20-9-4-3-6-16(20)2/h3-14H,1-2H3. The van der Waals surface area contributed by atoms with Crippen LogP contribution in [-0.2, 0) is 0 Å². The van der Waals surface area contributed by atoms with Gasteiger partial charge in [0.2, 0.25) is 6.71 Å². The summed E-state index contributed by atoms with van der Waals surface area (Å²) in [4.78, 5) is 0. The summed E-state index contributed by atoms with van der Waals surface area (Å²) in [5.74, 6) is 0. The lowest BCUT2D eigenvalue weighted by molar-refractivity contribution is 1.48. The SMILES string of the molecule is Cc1ccc(B(c2cccc(Br)c2)c2ccccc2C)cc1. The highest BCUT2D eigenvalue weighted by atomic mass is 79.9. The third kappa shape index (κ3) is 3.17. The van der Waals surface area contributed by atoms with E-state index >= 15 is 0 Å². The number of hydrogen-bond donors (Lipinski definition) is 0. The zero-order chi connectivity index (χ0) is 15.5. The van der Waals surface area contributed by atoms with Crippen molar-refractivity contribution < 1.29 is 0 Å². The van der Waals surface area contributed by atoms with Crippen LogP contribution < -0.4 is 16.4 Å². The largest absolute Gasteiger partial charge is 0.241 e. The zero-order valence-corrected chi connectivity index (χ0v) is 14.5. The summed E-state index contributed by atoms with van der Waals surface area (Å²) >= 11 is 3.61. The van der Waals surface area contributed by atoms with Gasteiger partial charge in [-0.15, -0.1) is 0 Å². The van der Waals surface area contributed by atoms with Crippen molar-refractivity contribution in [3.05, 3.63) is 88.4 Å². The van der Waals surface area contributed by atoms with Crippen molar-refractivity contribution in [1.82, 2.24) is 0 Å². The Balaban J connectivity index is 2.18. The lowest BCUT2D eigenvalue weighted by Gasteiger charge is -2.18. The smallest absolute Gasteiger partial charge is 0.0686 e. The van der Waals surface area contributed by atoms with Gasteiger partial charge in [0, 0.05) is 4.47 Å². The Kier molecular flexibility index (Phi) is 4.49. The lowest BCUT2D eigenvalue weighted by Crippen LogP contribution is -2.52. The monoisotopic (exact) mass is 348 g/mol. The average Bonchev–Trinajstić information content (AvgIpc) is 2.51. The van der Waals surface area contributed by atoms with Gasteiger partial charge in [0.25, 0.3) is 0 Å². The first-order valence-electron chi connectivity index (χ1n) is 7.53. The van der Waals surface area contributed by atoms with Gasteiger partial charge in [-0.05, 0) is 19.9 Å². The third-order valence-electron chi connectivity index (χ3n) is 4.09. The average molecular weight is 349 g/mol. The molecule has 0 fully saturated rings. The fraction of sp³-hybridized carbons (Fsp3) is 0.100. The topological polar surface area (TPSA) is 0 Å². The lowest BCUT2D eigenvalue weighted by atomic mass is 9.36. The van der Waals surface area contributed by atoms with Crippen LogP contribution >= 0.6 is 15.9 Å². The molecule has 0 unspecified atom stereocenters. The predicted octanol–water partition coefficient (Wildman–Crippen LogP) is 3.58. The molecule has 3 aromatic carbocycles. The minimum absolute atomic E-state index is 0.263. The van der Waals surface area contributed by atoms with Gasteiger partial charge in [-0.3, -0.25) is 0 Å². The van der Waals surface area contributed by atoms with Gasteiger partial charge in [-0.2, -0.15) is 0 Å². The number of benzene rings is 3. The molecule has 0 spiro atoms. The number of hydrogen-bond acceptors (Lipinski definition) is 0. The van der Waals surface area contributed by atoms with Crippen LogP contribution in [-0.4, -0.2) is 6.71 Å². The summed E-state index contributed by atoms with van der Waals surface area (Å²) in [6.07, 6.45) is 0. The molecule has 0 amide bonds. The predicted molar refractivity (Wildman–Crippen MR) is 101 cm³/mol. The molecule has 0 saturated carbocycles. The maximum absolute atomic E-state index is 3.61. The maximum atomic E-state index is 3.61. The Bertz CT molecular complexity index is 778. The van der Waals surface area contributed by atoms with Gasteiger partial charge in [-0.1, -0.05) is 110 Å². The first kappa shape index (κ1) is 15.1. The summed E-state index contributed by atoms with van der Waals surface area (Å²) in [5, 5.41) is 0. The maximum Gasteiger partial charge on any atom is 0.241 e. The van der Waals surface area contributed by atoms with Crippen LogP contribution in [0.5, 0.6) is 0 Å². The molecule has 0 aromatic heterocycles. The van der Waals surface area contributed by atoms with Crippen molar-refractivity contribution in [1.29, 1.82) is 0 Å². The van der Waals surface area contributed by atoms with Crippen molar-refractivity contribution >= 4 is 39.0 Å². The molecule has 0 radical (unpaired) electrons. The summed E-state index contributed by atoms with van der Waals surface area (Å²) in [6, 6.07) is 26.1. The summed E-state index contributed by atoms with van der Waals surface area (Å²) in [5.41, 5.74) is 6.63. The molecule has 108 valence electrons. The Morgan fingerprint density at radius 1 is 0.727 bits per heavy atom. The van der Waals surface area contributed by atoms with Gasteiger partial charge in [-0.25, -0.2) is 0 Å². The molecule has 0 saturated heterocycles. The first-order chi connectivity index (χ1) is 10.6. The Morgan fingerprint density at radius 3 is 2.14 bits per heavy atom. The van der Waals surface area contributed by atoms with Gasteiger partial charge in [0.05, 0.1) is 0 Å². The Labute approximate surface area is 141 Å². The molecule has 3 rings (SSSR count). The van der Waals surface area contributed by atoms with E-state index in [1.54, 1.807) is 0 Å². The van der Waals surface area contributed by atoms with E-state index in [1.807, 2.05) is 0 Å². The van der Waals surface area contributed by atoms with E-state index in [0.717, 1.165) is 4.47 Å². The summed E-state index contributed by atoms with van der Waals surface area (Å²) in [7, 11) is 0. The number of halogens is 1. The highest BCUT2D eigenvalue weighted by Gasteiger charge is 2.22. The third-order valence-corrected chi connectivity index (χ3v) is 4.59. The molecule has 3 aromatic rings. The fourth-order valence-electron chi connectivity index (χ4n) is 2.91. The second kappa shape index (κ2) is 6.54. The molecule has 0 nitrogen and oxygen atoms in total. The molecule has 0 aliphatic rings. The number of aryl methyl sites for hydroxylation is 2. The molecule has 0 aliphatic heterocycles. The molecule has 0 aliphatic carbocycles. The van der Waals surface area contributed by atoms with Crippen molar-refractivity contribution in [2.45, 2.75) is 13.8 Å². The van der Waals surface area contributed by atoms with E-state index < -0.39 is 0 Å². The van der Waals surface area contributed by atoms with Crippen LogP contribution in [0.25, 0.3) is 0 Å². The van der Waals surface area contributed by atoms with Crippen LogP contribution in [0.2, 0.25) is 0 Å². The van der Waals surface area contributed by atoms with Gasteiger partial charge in [0.15, 0.2) is 0 Å². The van der Waals surface area contributed by atoms with Crippen LogP contribution in [0.1, 0.15) is 11.1 Å². The molecule has 0 bridgehead atoms. The number of rotatable bonds is 3. The first-order valence-corrected chi connectivity index (χ1v) is 8.32. The molecule has 22 heavy (non-hydrogen) atoms. The van der Waals surface area contributed by atoms with E-state index in [2.05, 4.69) is 103 Å². The van der Waals surface area contributed by atoms with E-state index in [-0.39, 0.29) is 6.71 Å². The molecular weight excluding hydrogens is 331 g/mol. The van der Waals surface area contributed by atoms with Crippen LogP contribution in [0.3, 0.4) is 0 Å². The van der Waals surface area contributed by atoms with Crippen molar-refractivity contribution in [2.75, 3.05) is 0 Å². The quantitative estimate of drug-likeness (QED) is 0.634. The minimum Gasteiger partial charge on any atom is -0.0686 e. The molecule has 0 N–H and O–H groups in total. The summed E-state index contributed by atoms with van der Waals surface area (Å²) in [6.45, 7) is 4.58. The van der Waals surface area contributed by atoms with E-state index in [9.17, 15) is 0 Å². The van der Waals surface area contributed by atoms with E-state index in [0.29, 0.717) is 0 Å². The van der Waals surface area contributed by atoms with Crippen LogP contribution in [0, 0.1) is 13.8 Å². The Morgan fingerprint density at radius 2 is 1.45 bits per heavy atom. The van der Waals surface area contributed by atoms with Crippen molar-refractivity contribution in [3.8, 4) is 0 Å². The molecule has 0 heterocycles. The second-order valence-corrected chi connectivity index (χ2v) is 6.67. The zero-order valence-electron chi connectivity index (χ0n) is 12.9. The minimum atomic E-state index is 0.263. The normalized spacial score (nSPS) is 10.5. The highest BCUT2D eigenvalue weighted by Crippen LogP contribution is 2.08. The van der Waals surface area contributed by atoms with Crippen LogP contribution in [0.15, 0.2) is 77.3 Å². The Hall–Kier alpha value is -1.80. The van der Waals surface area contributed by atoms with Crippen molar-refractivity contribution in [3.63, 3.8) is 0 Å². The second-order valence-electron chi connectivity index (χ2n) is 5.76. The summed E-state index contributed by atoms with van der Waals surface area (Å²) < 4.78 is 1.12. The molecular formula is C20H18BBr. The van der Waals surface area contributed by atoms with E-state index in [1.165, 1.54) is 27.5 Å². The molecule has 2 heteroatoms. The van der Waals surface area contributed by atoms with Gasteiger partial charge >= 0.3 is 0 Å². The van der Waals surface area contributed by atoms with E-state index in [4.69, 9.17) is 0 Å². The fourth-order valence-corrected chi connectivity index (χ4v) is 3.32. The highest BCUT2D eigenvalue weighted by molar-refractivity contribution is 9.10. The van der Waals surface area contributed by atoms with Crippen LogP contribution in [0.4, 0.5) is 0 Å². The molecule has 0 atom stereocenters.